The molecule has 0 atom stereocenters. The van der Waals surface area contributed by atoms with Gasteiger partial charge >= 0.3 is 0 Å². The minimum atomic E-state index is -0.0345. The lowest BCUT2D eigenvalue weighted by Crippen LogP contribution is -2.28. The van der Waals surface area contributed by atoms with Crippen molar-refractivity contribution in [1.82, 2.24) is 4.90 Å². The Morgan fingerprint density at radius 3 is 2.43 bits per heavy atom. The van der Waals surface area contributed by atoms with Crippen molar-refractivity contribution >= 4 is 5.91 Å². The lowest BCUT2D eigenvalue weighted by atomic mass is 10.0. The van der Waals surface area contributed by atoms with Crippen LogP contribution in [0.3, 0.4) is 0 Å². The van der Waals surface area contributed by atoms with E-state index in [0.29, 0.717) is 12.2 Å². The molecule has 0 unspecified atom stereocenters. The highest BCUT2D eigenvalue weighted by Crippen LogP contribution is 2.21. The number of hydrogen-bond acceptors (Lipinski definition) is 1. The molecular formula is C19H21NO. The van der Waals surface area contributed by atoms with Crippen molar-refractivity contribution < 1.29 is 4.79 Å². The first kappa shape index (κ1) is 16.5. The van der Waals surface area contributed by atoms with Crippen LogP contribution in [0.5, 0.6) is 0 Å². The standard InChI is InChI=1S/C17H15NO.C2H6/c1-4-14-10-11-15-8-6-7-9-16(15)12-18(13(3)19)17(14)5-2;1-2/h4-9H,1-2,12H2,3H3;1-2H3/b17-14-;. The van der Waals surface area contributed by atoms with Crippen LogP contribution in [0.4, 0.5) is 0 Å². The minimum Gasteiger partial charge on any atom is -0.307 e. The minimum absolute atomic E-state index is 0.0345. The van der Waals surface area contributed by atoms with Gasteiger partial charge < -0.3 is 4.90 Å². The molecule has 1 aliphatic rings. The second kappa shape index (κ2) is 7.91. The number of amides is 1. The SMILES string of the molecule is C=C/C1=C(\C=C)N(C(C)=O)Cc2ccccc2C#C1.CC. The number of carbonyl (C=O) groups excluding carboxylic acids is 1. The summed E-state index contributed by atoms with van der Waals surface area (Å²) in [4.78, 5) is 13.5. The van der Waals surface area contributed by atoms with Gasteiger partial charge in [-0.3, -0.25) is 4.79 Å². The Labute approximate surface area is 127 Å². The number of allylic oxidation sites excluding steroid dienone is 3. The van der Waals surface area contributed by atoms with Gasteiger partial charge in [-0.2, -0.15) is 0 Å². The van der Waals surface area contributed by atoms with E-state index in [4.69, 9.17) is 0 Å². The maximum absolute atomic E-state index is 11.9. The Bertz CT molecular complexity index is 641. The number of benzene rings is 1. The maximum atomic E-state index is 11.9. The van der Waals surface area contributed by atoms with Gasteiger partial charge in [0.1, 0.15) is 0 Å². The van der Waals surface area contributed by atoms with E-state index in [0.717, 1.165) is 16.7 Å². The molecule has 0 N–H and O–H groups in total. The van der Waals surface area contributed by atoms with Crippen LogP contribution in [0.1, 0.15) is 31.9 Å². The molecule has 0 spiro atoms. The predicted octanol–water partition coefficient (Wildman–Crippen LogP) is 4.05. The molecule has 1 amide bonds. The molecule has 108 valence electrons. The zero-order valence-corrected chi connectivity index (χ0v) is 12.9. The van der Waals surface area contributed by atoms with Gasteiger partial charge in [0.05, 0.1) is 12.2 Å². The second-order valence-electron chi connectivity index (χ2n) is 4.22. The van der Waals surface area contributed by atoms with Crippen LogP contribution in [0.2, 0.25) is 0 Å². The first-order chi connectivity index (χ1) is 10.2. The van der Waals surface area contributed by atoms with Gasteiger partial charge in [-0.25, -0.2) is 0 Å². The molecule has 0 aromatic heterocycles. The van der Waals surface area contributed by atoms with Crippen LogP contribution in [0.25, 0.3) is 0 Å². The van der Waals surface area contributed by atoms with Crippen LogP contribution < -0.4 is 0 Å². The number of fused-ring (bicyclic) bond motifs is 1. The van der Waals surface area contributed by atoms with E-state index in [1.807, 2.05) is 38.1 Å². The van der Waals surface area contributed by atoms with Crippen molar-refractivity contribution in [1.29, 1.82) is 0 Å². The quantitative estimate of drug-likeness (QED) is 0.748. The van der Waals surface area contributed by atoms with Gasteiger partial charge in [0.2, 0.25) is 5.91 Å². The Kier molecular flexibility index (Phi) is 6.23. The summed E-state index contributed by atoms with van der Waals surface area (Å²) in [7, 11) is 0. The van der Waals surface area contributed by atoms with Gasteiger partial charge in [-0.05, 0) is 17.7 Å². The van der Waals surface area contributed by atoms with Gasteiger partial charge in [0.15, 0.2) is 0 Å². The Morgan fingerprint density at radius 1 is 1.19 bits per heavy atom. The smallest absolute Gasteiger partial charge is 0.224 e. The monoisotopic (exact) mass is 279 g/mol. The molecule has 2 heteroatoms. The maximum Gasteiger partial charge on any atom is 0.224 e. The number of hydrogen-bond donors (Lipinski definition) is 0. The highest BCUT2D eigenvalue weighted by Gasteiger charge is 2.17. The number of rotatable bonds is 2. The van der Waals surface area contributed by atoms with E-state index >= 15 is 0 Å². The fourth-order valence-corrected chi connectivity index (χ4v) is 2.04. The van der Waals surface area contributed by atoms with Gasteiger partial charge in [0.25, 0.3) is 0 Å². The van der Waals surface area contributed by atoms with Crippen molar-refractivity contribution in [3.05, 3.63) is 72.0 Å². The molecule has 0 saturated heterocycles. The number of nitrogens with zero attached hydrogens (tertiary/aromatic N) is 1. The molecule has 2 rings (SSSR count). The van der Waals surface area contributed by atoms with E-state index in [1.165, 1.54) is 0 Å². The summed E-state index contributed by atoms with van der Waals surface area (Å²) in [6, 6.07) is 7.84. The van der Waals surface area contributed by atoms with Crippen molar-refractivity contribution in [2.75, 3.05) is 0 Å². The zero-order valence-electron chi connectivity index (χ0n) is 12.9. The fraction of sp³-hybridized carbons (Fsp3) is 0.211. The first-order valence-electron chi connectivity index (χ1n) is 7.04. The molecule has 2 nitrogen and oxygen atoms in total. The topological polar surface area (TPSA) is 20.3 Å². The Balaban J connectivity index is 0.00000106. The molecule has 21 heavy (non-hydrogen) atoms. The third kappa shape index (κ3) is 3.73. The second-order valence-corrected chi connectivity index (χ2v) is 4.22. The Morgan fingerprint density at radius 2 is 1.86 bits per heavy atom. The van der Waals surface area contributed by atoms with E-state index in [2.05, 4.69) is 25.0 Å². The van der Waals surface area contributed by atoms with E-state index < -0.39 is 0 Å². The van der Waals surface area contributed by atoms with Crippen molar-refractivity contribution in [2.45, 2.75) is 27.3 Å². The van der Waals surface area contributed by atoms with Crippen LogP contribution in [0.15, 0.2) is 60.8 Å². The zero-order chi connectivity index (χ0) is 15.8. The third-order valence-corrected chi connectivity index (χ3v) is 3.02. The summed E-state index contributed by atoms with van der Waals surface area (Å²) < 4.78 is 0. The molecule has 0 bridgehead atoms. The van der Waals surface area contributed by atoms with Crippen LogP contribution >= 0.6 is 0 Å². The summed E-state index contributed by atoms with van der Waals surface area (Å²) in [6.45, 7) is 13.6. The van der Waals surface area contributed by atoms with Crippen molar-refractivity contribution in [3.8, 4) is 11.8 Å². The summed E-state index contributed by atoms with van der Waals surface area (Å²) in [6.07, 6.45) is 3.31. The summed E-state index contributed by atoms with van der Waals surface area (Å²) in [5.41, 5.74) is 3.41. The summed E-state index contributed by atoms with van der Waals surface area (Å²) in [5.74, 6) is 6.15. The predicted molar refractivity (Wildman–Crippen MR) is 88.3 cm³/mol. The van der Waals surface area contributed by atoms with Gasteiger partial charge in [0, 0.05) is 18.1 Å². The van der Waals surface area contributed by atoms with Gasteiger partial charge in [-0.1, -0.05) is 63.1 Å². The molecule has 1 aromatic rings. The molecule has 0 saturated carbocycles. The highest BCUT2D eigenvalue weighted by molar-refractivity contribution is 5.77. The number of carbonyl (C=O) groups is 1. The molecule has 0 aliphatic carbocycles. The summed E-state index contributed by atoms with van der Waals surface area (Å²) in [5, 5.41) is 0. The third-order valence-electron chi connectivity index (χ3n) is 3.02. The molecule has 0 radical (unpaired) electrons. The van der Waals surface area contributed by atoms with Gasteiger partial charge in [-0.15, -0.1) is 0 Å². The largest absolute Gasteiger partial charge is 0.307 e. The van der Waals surface area contributed by atoms with E-state index in [-0.39, 0.29) is 5.91 Å². The highest BCUT2D eigenvalue weighted by atomic mass is 16.2. The first-order valence-corrected chi connectivity index (χ1v) is 7.04. The Hall–Kier alpha value is -2.53. The lowest BCUT2D eigenvalue weighted by Gasteiger charge is -2.25. The molecule has 0 fully saturated rings. The molecule has 1 aliphatic heterocycles. The lowest BCUT2D eigenvalue weighted by molar-refractivity contribution is -0.127. The van der Waals surface area contributed by atoms with Crippen LogP contribution in [0, 0.1) is 11.8 Å². The van der Waals surface area contributed by atoms with Crippen molar-refractivity contribution in [3.63, 3.8) is 0 Å². The molecule has 1 heterocycles. The van der Waals surface area contributed by atoms with E-state index in [9.17, 15) is 4.79 Å². The van der Waals surface area contributed by atoms with Crippen LogP contribution in [-0.2, 0) is 11.3 Å². The van der Waals surface area contributed by atoms with Crippen molar-refractivity contribution in [2.24, 2.45) is 0 Å². The van der Waals surface area contributed by atoms with Crippen LogP contribution in [-0.4, -0.2) is 10.8 Å². The molecule has 1 aromatic carbocycles. The molecular weight excluding hydrogens is 258 g/mol. The normalized spacial score (nSPS) is 16.0. The average Bonchev–Trinajstić information content (AvgIpc) is 2.50. The average molecular weight is 279 g/mol. The van der Waals surface area contributed by atoms with E-state index in [1.54, 1.807) is 24.0 Å². The summed E-state index contributed by atoms with van der Waals surface area (Å²) >= 11 is 0. The fourth-order valence-electron chi connectivity index (χ4n) is 2.04.